The molecule has 0 saturated carbocycles. The zero-order valence-electron chi connectivity index (χ0n) is 21.0. The van der Waals surface area contributed by atoms with E-state index >= 15 is 0 Å². The van der Waals surface area contributed by atoms with Crippen LogP contribution in [0.5, 0.6) is 0 Å². The van der Waals surface area contributed by atoms with E-state index in [0.717, 1.165) is 42.5 Å². The van der Waals surface area contributed by atoms with Crippen LogP contribution in [0.15, 0.2) is 54.6 Å². The van der Waals surface area contributed by atoms with Gasteiger partial charge in [0.1, 0.15) is 22.3 Å². The maximum Gasteiger partial charge on any atom is 0.254 e. The second-order valence-corrected chi connectivity index (χ2v) is 10.8. The van der Waals surface area contributed by atoms with E-state index in [1.54, 1.807) is 23.5 Å². The van der Waals surface area contributed by atoms with Gasteiger partial charge in [0.05, 0.1) is 5.39 Å². The second kappa shape index (κ2) is 10.2. The van der Waals surface area contributed by atoms with E-state index in [9.17, 15) is 9.18 Å². The van der Waals surface area contributed by atoms with Gasteiger partial charge in [-0.05, 0) is 42.3 Å². The number of piperazine rings is 1. The van der Waals surface area contributed by atoms with E-state index in [1.807, 2.05) is 23.1 Å². The van der Waals surface area contributed by atoms with E-state index in [0.29, 0.717) is 38.2 Å². The molecule has 0 unspecified atom stereocenters. The van der Waals surface area contributed by atoms with Crippen LogP contribution in [0.1, 0.15) is 39.1 Å². The Bertz CT molecular complexity index is 1430. The maximum absolute atomic E-state index is 13.7. The van der Waals surface area contributed by atoms with Gasteiger partial charge in [-0.15, -0.1) is 11.3 Å². The predicted molar refractivity (Wildman–Crippen MR) is 146 cm³/mol. The molecule has 37 heavy (non-hydrogen) atoms. The Morgan fingerprint density at radius 2 is 1.81 bits per heavy atom. The molecule has 0 radical (unpaired) electrons. The normalized spacial score (nSPS) is 16.3. The average Bonchev–Trinajstić information content (AvgIpc) is 3.30. The molecule has 8 heteroatoms. The van der Waals surface area contributed by atoms with Crippen molar-refractivity contribution in [2.45, 2.75) is 26.3 Å². The Labute approximate surface area is 220 Å². The molecule has 0 atom stereocenters. The number of thiophene rings is 1. The van der Waals surface area contributed by atoms with Gasteiger partial charge in [0.25, 0.3) is 5.91 Å². The standard InChI is InChI=1S/C29H30FN5OS/c1-2-33-12-11-23-24(19-33)37-28-26(23)27(31-25(32-28)17-20-7-4-3-5-8-20)34-13-15-35(16-14-34)29(36)21-9-6-10-22(30)18-21/h3-10,18H,2,11-17,19H2,1H3. The summed E-state index contributed by atoms with van der Waals surface area (Å²) in [5, 5.41) is 1.19. The Hall–Kier alpha value is -3.36. The Morgan fingerprint density at radius 1 is 1.00 bits per heavy atom. The number of hydrogen-bond acceptors (Lipinski definition) is 6. The van der Waals surface area contributed by atoms with E-state index < -0.39 is 0 Å². The van der Waals surface area contributed by atoms with Crippen LogP contribution in [0.3, 0.4) is 0 Å². The molecule has 2 aromatic carbocycles. The highest BCUT2D eigenvalue weighted by molar-refractivity contribution is 7.19. The quantitative estimate of drug-likeness (QED) is 0.384. The summed E-state index contributed by atoms with van der Waals surface area (Å²) in [6.45, 7) is 7.80. The lowest BCUT2D eigenvalue weighted by atomic mass is 10.0. The molecule has 2 aliphatic rings. The van der Waals surface area contributed by atoms with Crippen molar-refractivity contribution in [3.63, 3.8) is 0 Å². The maximum atomic E-state index is 13.7. The Kier molecular flexibility index (Phi) is 6.61. The van der Waals surface area contributed by atoms with Crippen molar-refractivity contribution in [3.8, 4) is 0 Å². The van der Waals surface area contributed by atoms with Gasteiger partial charge >= 0.3 is 0 Å². The molecule has 0 aliphatic carbocycles. The number of carbonyl (C=O) groups excluding carboxylic acids is 1. The third-order valence-corrected chi connectivity index (χ3v) is 8.51. The first-order valence-corrected chi connectivity index (χ1v) is 13.8. The number of amides is 1. The van der Waals surface area contributed by atoms with Crippen LogP contribution in [-0.4, -0.2) is 64.9 Å². The topological polar surface area (TPSA) is 52.6 Å². The molecular weight excluding hydrogens is 485 g/mol. The number of benzene rings is 2. The first-order valence-electron chi connectivity index (χ1n) is 13.0. The molecule has 1 saturated heterocycles. The van der Waals surface area contributed by atoms with Crippen molar-refractivity contribution in [1.82, 2.24) is 19.8 Å². The molecule has 1 fully saturated rings. The fraction of sp³-hybridized carbons (Fsp3) is 0.345. The van der Waals surface area contributed by atoms with Gasteiger partial charge < -0.3 is 9.80 Å². The molecular formula is C29H30FN5OS. The summed E-state index contributed by atoms with van der Waals surface area (Å²) in [7, 11) is 0. The number of anilines is 1. The highest BCUT2D eigenvalue weighted by Gasteiger charge is 2.29. The highest BCUT2D eigenvalue weighted by Crippen LogP contribution is 2.39. The summed E-state index contributed by atoms with van der Waals surface area (Å²) in [6, 6.07) is 16.3. The van der Waals surface area contributed by atoms with Gasteiger partial charge in [0.15, 0.2) is 0 Å². The minimum Gasteiger partial charge on any atom is -0.352 e. The van der Waals surface area contributed by atoms with Crippen LogP contribution in [0.25, 0.3) is 10.2 Å². The lowest BCUT2D eigenvalue weighted by Crippen LogP contribution is -2.49. The summed E-state index contributed by atoms with van der Waals surface area (Å²) in [5.41, 5.74) is 2.98. The zero-order chi connectivity index (χ0) is 25.4. The van der Waals surface area contributed by atoms with Crippen LogP contribution in [-0.2, 0) is 19.4 Å². The smallest absolute Gasteiger partial charge is 0.254 e. The van der Waals surface area contributed by atoms with Gasteiger partial charge in [-0.25, -0.2) is 14.4 Å². The minimum absolute atomic E-state index is 0.121. The van der Waals surface area contributed by atoms with E-state index in [4.69, 9.17) is 9.97 Å². The highest BCUT2D eigenvalue weighted by atomic mass is 32.1. The molecule has 6 nitrogen and oxygen atoms in total. The molecule has 0 bridgehead atoms. The van der Waals surface area contributed by atoms with Gasteiger partial charge in [0.2, 0.25) is 0 Å². The van der Waals surface area contributed by atoms with Crippen molar-refractivity contribution in [2.75, 3.05) is 44.2 Å². The molecule has 4 heterocycles. The Morgan fingerprint density at radius 3 is 2.57 bits per heavy atom. The van der Waals surface area contributed by atoms with Crippen molar-refractivity contribution >= 4 is 33.3 Å². The van der Waals surface area contributed by atoms with Crippen LogP contribution in [0.2, 0.25) is 0 Å². The number of nitrogens with zero attached hydrogens (tertiary/aromatic N) is 5. The molecule has 0 spiro atoms. The molecule has 4 aromatic rings. The number of likely N-dealkylation sites (N-methyl/N-ethyl adjacent to an activating group) is 1. The van der Waals surface area contributed by atoms with E-state index in [2.05, 4.69) is 28.9 Å². The summed E-state index contributed by atoms with van der Waals surface area (Å²) in [5.74, 6) is 1.32. The fourth-order valence-corrected chi connectivity index (χ4v) is 6.63. The zero-order valence-corrected chi connectivity index (χ0v) is 21.8. The molecule has 190 valence electrons. The van der Waals surface area contributed by atoms with Gasteiger partial charge in [-0.3, -0.25) is 9.69 Å². The average molecular weight is 516 g/mol. The first-order chi connectivity index (χ1) is 18.1. The SMILES string of the molecule is CCN1CCc2c(sc3nc(Cc4ccccc4)nc(N4CCN(C(=O)c5cccc(F)c5)CC4)c23)C1. The van der Waals surface area contributed by atoms with Crippen molar-refractivity contribution in [1.29, 1.82) is 0 Å². The molecule has 2 aliphatic heterocycles. The summed E-state index contributed by atoms with van der Waals surface area (Å²) >= 11 is 1.81. The summed E-state index contributed by atoms with van der Waals surface area (Å²) < 4.78 is 13.7. The largest absolute Gasteiger partial charge is 0.352 e. The molecule has 0 N–H and O–H groups in total. The van der Waals surface area contributed by atoms with Crippen LogP contribution >= 0.6 is 11.3 Å². The molecule has 1 amide bonds. The van der Waals surface area contributed by atoms with Crippen LogP contribution < -0.4 is 4.90 Å². The Balaban J connectivity index is 1.31. The minimum atomic E-state index is -0.386. The van der Waals surface area contributed by atoms with Crippen molar-refractivity contribution in [2.24, 2.45) is 0 Å². The van der Waals surface area contributed by atoms with Crippen LogP contribution in [0.4, 0.5) is 10.2 Å². The molecule has 6 rings (SSSR count). The first kappa shape index (κ1) is 24.0. The van der Waals surface area contributed by atoms with Crippen molar-refractivity contribution < 1.29 is 9.18 Å². The lowest BCUT2D eigenvalue weighted by molar-refractivity contribution is 0.0746. The summed E-state index contributed by atoms with van der Waals surface area (Å²) in [6.07, 6.45) is 1.70. The van der Waals surface area contributed by atoms with Gasteiger partial charge in [-0.1, -0.05) is 43.3 Å². The number of halogens is 1. The predicted octanol–water partition coefficient (Wildman–Crippen LogP) is 4.76. The molecule has 2 aromatic heterocycles. The fourth-order valence-electron chi connectivity index (χ4n) is 5.35. The summed E-state index contributed by atoms with van der Waals surface area (Å²) in [4.78, 5) is 32.2. The van der Waals surface area contributed by atoms with Gasteiger partial charge in [-0.2, -0.15) is 0 Å². The second-order valence-electron chi connectivity index (χ2n) is 9.72. The number of carbonyl (C=O) groups is 1. The van der Waals surface area contributed by atoms with Crippen LogP contribution in [0, 0.1) is 5.82 Å². The van der Waals surface area contributed by atoms with E-state index in [1.165, 1.54) is 33.5 Å². The number of fused-ring (bicyclic) bond motifs is 3. The van der Waals surface area contributed by atoms with Crippen molar-refractivity contribution in [3.05, 3.63) is 87.8 Å². The lowest BCUT2D eigenvalue weighted by Gasteiger charge is -2.36. The van der Waals surface area contributed by atoms with E-state index in [-0.39, 0.29) is 11.7 Å². The monoisotopic (exact) mass is 515 g/mol. The third-order valence-electron chi connectivity index (χ3n) is 7.40. The number of rotatable bonds is 5. The number of hydrogen-bond donors (Lipinski definition) is 0. The third kappa shape index (κ3) is 4.83. The van der Waals surface area contributed by atoms with Gasteiger partial charge in [0, 0.05) is 56.1 Å². The number of aromatic nitrogens is 2.